The fourth-order valence-electron chi connectivity index (χ4n) is 1.38. The maximum absolute atomic E-state index is 5.06. The molecular formula is C10H11N3O. The molecule has 4 heteroatoms. The highest BCUT2D eigenvalue weighted by Crippen LogP contribution is 2.14. The summed E-state index contributed by atoms with van der Waals surface area (Å²) < 4.78 is 1.92. The third-order valence-corrected chi connectivity index (χ3v) is 2.01. The third-order valence-electron chi connectivity index (χ3n) is 2.01. The minimum Gasteiger partial charge on any atom is -0.306 e. The van der Waals surface area contributed by atoms with Crippen molar-refractivity contribution in [2.24, 2.45) is 5.90 Å². The van der Waals surface area contributed by atoms with Crippen LogP contribution in [-0.4, -0.2) is 9.55 Å². The molecule has 2 N–H and O–H groups in total. The van der Waals surface area contributed by atoms with Crippen LogP contribution in [0.25, 0.3) is 5.69 Å². The Kier molecular flexibility index (Phi) is 2.58. The summed E-state index contributed by atoms with van der Waals surface area (Å²) in [6.45, 7) is 0.397. The molecule has 14 heavy (non-hydrogen) atoms. The van der Waals surface area contributed by atoms with Gasteiger partial charge in [0, 0.05) is 18.0 Å². The van der Waals surface area contributed by atoms with Gasteiger partial charge in [-0.2, -0.15) is 0 Å². The van der Waals surface area contributed by atoms with E-state index >= 15 is 0 Å². The van der Waals surface area contributed by atoms with Crippen LogP contribution in [0.4, 0.5) is 0 Å². The first-order valence-corrected chi connectivity index (χ1v) is 4.30. The lowest BCUT2D eigenvalue weighted by Crippen LogP contribution is -2.03. The molecule has 0 saturated carbocycles. The number of rotatable bonds is 3. The van der Waals surface area contributed by atoms with Gasteiger partial charge < -0.3 is 4.57 Å². The summed E-state index contributed by atoms with van der Waals surface area (Å²) in [5.41, 5.74) is 2.07. The molecule has 0 saturated heterocycles. The molecule has 0 fully saturated rings. The molecular weight excluding hydrogens is 178 g/mol. The van der Waals surface area contributed by atoms with E-state index in [1.807, 2.05) is 35.0 Å². The maximum Gasteiger partial charge on any atom is 0.0991 e. The Hall–Kier alpha value is -1.65. The lowest BCUT2D eigenvalue weighted by atomic mass is 10.2. The zero-order chi connectivity index (χ0) is 9.80. The number of hydrogen-bond acceptors (Lipinski definition) is 3. The summed E-state index contributed by atoms with van der Waals surface area (Å²) in [7, 11) is 0. The summed E-state index contributed by atoms with van der Waals surface area (Å²) in [6.07, 6.45) is 5.37. The Morgan fingerprint density at radius 3 is 2.93 bits per heavy atom. The number of benzene rings is 1. The second-order valence-corrected chi connectivity index (χ2v) is 2.91. The van der Waals surface area contributed by atoms with E-state index in [0.717, 1.165) is 11.3 Å². The Morgan fingerprint density at radius 1 is 1.36 bits per heavy atom. The minimum absolute atomic E-state index is 0.397. The molecule has 0 atom stereocenters. The fraction of sp³-hybridized carbons (Fsp3) is 0.100. The maximum atomic E-state index is 5.06. The van der Waals surface area contributed by atoms with Crippen molar-refractivity contribution < 1.29 is 4.84 Å². The topological polar surface area (TPSA) is 53.1 Å². The van der Waals surface area contributed by atoms with Crippen LogP contribution in [0.2, 0.25) is 0 Å². The molecule has 72 valence electrons. The predicted octanol–water partition coefficient (Wildman–Crippen LogP) is 1.26. The van der Waals surface area contributed by atoms with Gasteiger partial charge in [-0.1, -0.05) is 18.2 Å². The lowest BCUT2D eigenvalue weighted by molar-refractivity contribution is 0.124. The average Bonchev–Trinajstić information content (AvgIpc) is 2.72. The van der Waals surface area contributed by atoms with Crippen molar-refractivity contribution in [3.05, 3.63) is 48.5 Å². The van der Waals surface area contributed by atoms with Crippen molar-refractivity contribution in [2.75, 3.05) is 0 Å². The highest BCUT2D eigenvalue weighted by molar-refractivity contribution is 5.40. The van der Waals surface area contributed by atoms with E-state index in [0.29, 0.717) is 6.61 Å². The van der Waals surface area contributed by atoms with Gasteiger partial charge in [-0.25, -0.2) is 10.9 Å². The Bertz CT molecular complexity index is 398. The van der Waals surface area contributed by atoms with E-state index in [2.05, 4.69) is 9.82 Å². The fourth-order valence-corrected chi connectivity index (χ4v) is 1.38. The molecule has 2 aromatic rings. The summed E-state index contributed by atoms with van der Waals surface area (Å²) >= 11 is 0. The molecule has 1 heterocycles. The van der Waals surface area contributed by atoms with E-state index < -0.39 is 0 Å². The summed E-state index contributed by atoms with van der Waals surface area (Å²) in [5, 5.41) is 0. The number of hydrogen-bond donors (Lipinski definition) is 1. The Balaban J connectivity index is 2.42. The highest BCUT2D eigenvalue weighted by atomic mass is 16.6. The van der Waals surface area contributed by atoms with E-state index in [1.54, 1.807) is 12.5 Å². The first-order valence-electron chi connectivity index (χ1n) is 4.30. The smallest absolute Gasteiger partial charge is 0.0991 e. The minimum atomic E-state index is 0.397. The zero-order valence-electron chi connectivity index (χ0n) is 7.63. The van der Waals surface area contributed by atoms with Crippen molar-refractivity contribution in [1.29, 1.82) is 0 Å². The first-order chi connectivity index (χ1) is 6.92. The van der Waals surface area contributed by atoms with Gasteiger partial charge in [-0.05, 0) is 6.07 Å². The Labute approximate surface area is 81.9 Å². The molecule has 0 spiro atoms. The molecule has 0 aliphatic rings. The number of nitrogens with two attached hydrogens (primary N) is 1. The normalized spacial score (nSPS) is 10.4. The van der Waals surface area contributed by atoms with Gasteiger partial charge in [0.15, 0.2) is 0 Å². The second-order valence-electron chi connectivity index (χ2n) is 2.91. The first kappa shape index (κ1) is 8.93. The Morgan fingerprint density at radius 2 is 2.21 bits per heavy atom. The van der Waals surface area contributed by atoms with Gasteiger partial charge in [0.05, 0.1) is 18.6 Å². The number of imidazole rings is 1. The van der Waals surface area contributed by atoms with Gasteiger partial charge in [-0.3, -0.25) is 4.84 Å². The van der Waals surface area contributed by atoms with Gasteiger partial charge in [0.25, 0.3) is 0 Å². The van der Waals surface area contributed by atoms with Crippen molar-refractivity contribution in [3.63, 3.8) is 0 Å². The van der Waals surface area contributed by atoms with Crippen LogP contribution in [0.15, 0.2) is 43.0 Å². The largest absolute Gasteiger partial charge is 0.306 e. The van der Waals surface area contributed by atoms with E-state index in [9.17, 15) is 0 Å². The summed E-state index contributed by atoms with van der Waals surface area (Å²) in [6, 6.07) is 7.89. The van der Waals surface area contributed by atoms with Crippen LogP contribution in [-0.2, 0) is 11.4 Å². The summed E-state index contributed by atoms with van der Waals surface area (Å²) in [5.74, 6) is 5.06. The zero-order valence-corrected chi connectivity index (χ0v) is 7.63. The van der Waals surface area contributed by atoms with Gasteiger partial charge in [-0.15, -0.1) is 0 Å². The van der Waals surface area contributed by atoms with E-state index in [4.69, 9.17) is 5.90 Å². The quantitative estimate of drug-likeness (QED) is 0.739. The van der Waals surface area contributed by atoms with Crippen LogP contribution in [0.3, 0.4) is 0 Å². The van der Waals surface area contributed by atoms with Crippen LogP contribution in [0, 0.1) is 0 Å². The second kappa shape index (κ2) is 4.04. The standard InChI is InChI=1S/C10H11N3O/c11-14-7-9-3-1-2-4-10(9)13-6-5-12-8-13/h1-6,8H,7,11H2. The van der Waals surface area contributed by atoms with Crippen LogP contribution in [0.1, 0.15) is 5.56 Å². The number of aromatic nitrogens is 2. The lowest BCUT2D eigenvalue weighted by Gasteiger charge is -2.08. The molecule has 1 aromatic heterocycles. The van der Waals surface area contributed by atoms with Crippen LogP contribution >= 0.6 is 0 Å². The highest BCUT2D eigenvalue weighted by Gasteiger charge is 2.02. The molecule has 0 aliphatic heterocycles. The summed E-state index contributed by atoms with van der Waals surface area (Å²) in [4.78, 5) is 8.62. The molecule has 0 radical (unpaired) electrons. The molecule has 0 bridgehead atoms. The SMILES string of the molecule is NOCc1ccccc1-n1ccnc1. The van der Waals surface area contributed by atoms with Gasteiger partial charge in [0.1, 0.15) is 0 Å². The third kappa shape index (κ3) is 1.66. The molecule has 2 rings (SSSR count). The molecule has 0 aliphatic carbocycles. The molecule has 1 aromatic carbocycles. The van der Waals surface area contributed by atoms with E-state index in [-0.39, 0.29) is 0 Å². The van der Waals surface area contributed by atoms with Gasteiger partial charge in [0.2, 0.25) is 0 Å². The molecule has 0 amide bonds. The van der Waals surface area contributed by atoms with Crippen molar-refractivity contribution in [1.82, 2.24) is 9.55 Å². The molecule has 4 nitrogen and oxygen atoms in total. The number of para-hydroxylation sites is 1. The van der Waals surface area contributed by atoms with Gasteiger partial charge >= 0.3 is 0 Å². The predicted molar refractivity (Wildman–Crippen MR) is 52.5 cm³/mol. The van der Waals surface area contributed by atoms with Crippen molar-refractivity contribution in [3.8, 4) is 5.69 Å². The average molecular weight is 189 g/mol. The van der Waals surface area contributed by atoms with Crippen molar-refractivity contribution in [2.45, 2.75) is 6.61 Å². The van der Waals surface area contributed by atoms with E-state index in [1.165, 1.54) is 0 Å². The molecule has 0 unspecified atom stereocenters. The van der Waals surface area contributed by atoms with Crippen molar-refractivity contribution >= 4 is 0 Å². The van der Waals surface area contributed by atoms with Crippen LogP contribution < -0.4 is 5.90 Å². The number of nitrogens with zero attached hydrogens (tertiary/aromatic N) is 2. The van der Waals surface area contributed by atoms with Crippen LogP contribution in [0.5, 0.6) is 0 Å². The monoisotopic (exact) mass is 189 g/mol.